The molecule has 0 aromatic heterocycles. The molecule has 2 aromatic carbocycles. The van der Waals surface area contributed by atoms with E-state index in [9.17, 15) is 8.42 Å². The van der Waals surface area contributed by atoms with Crippen LogP contribution in [-0.4, -0.2) is 21.6 Å². The van der Waals surface area contributed by atoms with Crippen molar-refractivity contribution in [3.63, 3.8) is 0 Å². The van der Waals surface area contributed by atoms with Crippen molar-refractivity contribution in [2.75, 3.05) is 13.2 Å². The fourth-order valence-electron chi connectivity index (χ4n) is 2.26. The largest absolute Gasteiger partial charge is 0.492 e. The smallest absolute Gasteiger partial charge is 0.215 e. The van der Waals surface area contributed by atoms with E-state index in [0.29, 0.717) is 6.61 Å². The number of rotatable bonds is 9. The van der Waals surface area contributed by atoms with E-state index >= 15 is 0 Å². The molecule has 2 rings (SSSR count). The van der Waals surface area contributed by atoms with Crippen LogP contribution in [0.2, 0.25) is 0 Å². The number of nitrogens with one attached hydrogen (secondary N) is 1. The summed E-state index contributed by atoms with van der Waals surface area (Å²) in [5.74, 6) is 0.716. The number of halogens is 1. The predicted molar refractivity (Wildman–Crippen MR) is 101 cm³/mol. The molecule has 4 nitrogen and oxygen atoms in total. The zero-order valence-electron chi connectivity index (χ0n) is 13.7. The zero-order valence-corrected chi connectivity index (χ0v) is 16.1. The summed E-state index contributed by atoms with van der Waals surface area (Å²) >= 11 is 3.33. The minimum atomic E-state index is -3.36. The Kier molecular flexibility index (Phi) is 7.27. The van der Waals surface area contributed by atoms with Gasteiger partial charge in [0, 0.05) is 11.0 Å². The summed E-state index contributed by atoms with van der Waals surface area (Å²) in [4.78, 5) is 0. The summed E-state index contributed by atoms with van der Waals surface area (Å²) in [7, 11) is -3.36. The highest BCUT2D eigenvalue weighted by Gasteiger charge is 2.10. The fourth-order valence-corrected chi connectivity index (χ4v) is 3.65. The summed E-state index contributed by atoms with van der Waals surface area (Å²) in [6.07, 6.45) is 2.16. The molecule has 0 amide bonds. The van der Waals surface area contributed by atoms with Crippen LogP contribution in [0, 0.1) is 0 Å². The number of sulfonamides is 1. The molecular formula is C18H22BrNO3S. The lowest BCUT2D eigenvalue weighted by molar-refractivity contribution is 0.322. The molecule has 0 aliphatic heterocycles. The number of hydrogen-bond donors (Lipinski definition) is 1. The van der Waals surface area contributed by atoms with Crippen molar-refractivity contribution in [3.8, 4) is 5.75 Å². The zero-order chi connectivity index (χ0) is 17.4. The molecule has 6 heteroatoms. The molecule has 0 unspecified atom stereocenters. The molecule has 2 aromatic rings. The van der Waals surface area contributed by atoms with Crippen LogP contribution >= 0.6 is 15.9 Å². The van der Waals surface area contributed by atoms with Crippen molar-refractivity contribution < 1.29 is 13.2 Å². The molecule has 0 atom stereocenters. The lowest BCUT2D eigenvalue weighted by Gasteiger charge is -2.09. The SMILES string of the molecule is CCCc1ccc(OCCNS(=O)(=O)Cc2ccc(Br)cc2)cc1. The van der Waals surface area contributed by atoms with Crippen LogP contribution in [0.15, 0.2) is 53.0 Å². The van der Waals surface area contributed by atoms with Crippen LogP contribution < -0.4 is 9.46 Å². The quantitative estimate of drug-likeness (QED) is 0.636. The van der Waals surface area contributed by atoms with E-state index in [2.05, 4.69) is 27.6 Å². The van der Waals surface area contributed by atoms with Crippen LogP contribution in [0.1, 0.15) is 24.5 Å². The van der Waals surface area contributed by atoms with Crippen molar-refractivity contribution >= 4 is 26.0 Å². The summed E-state index contributed by atoms with van der Waals surface area (Å²) in [6.45, 7) is 2.69. The Morgan fingerprint density at radius 1 is 1.00 bits per heavy atom. The molecule has 0 heterocycles. The van der Waals surface area contributed by atoms with E-state index in [1.165, 1.54) is 5.56 Å². The highest BCUT2D eigenvalue weighted by atomic mass is 79.9. The summed E-state index contributed by atoms with van der Waals surface area (Å²) in [5, 5.41) is 0. The fraction of sp³-hybridized carbons (Fsp3) is 0.333. The van der Waals surface area contributed by atoms with Crippen molar-refractivity contribution in [1.29, 1.82) is 0 Å². The van der Waals surface area contributed by atoms with Gasteiger partial charge in [-0.15, -0.1) is 0 Å². The Labute approximate surface area is 152 Å². The number of aryl methyl sites for hydroxylation is 1. The second-order valence-corrected chi connectivity index (χ2v) is 8.24. The average Bonchev–Trinajstić information content (AvgIpc) is 2.55. The molecule has 1 N–H and O–H groups in total. The number of ether oxygens (including phenoxy) is 1. The molecule has 0 radical (unpaired) electrons. The van der Waals surface area contributed by atoms with Gasteiger partial charge >= 0.3 is 0 Å². The van der Waals surface area contributed by atoms with Gasteiger partial charge in [-0.1, -0.05) is 53.5 Å². The Morgan fingerprint density at radius 3 is 2.25 bits per heavy atom. The maximum Gasteiger partial charge on any atom is 0.215 e. The third kappa shape index (κ3) is 6.63. The molecule has 0 aliphatic rings. The average molecular weight is 412 g/mol. The third-order valence-electron chi connectivity index (χ3n) is 3.42. The maximum atomic E-state index is 12.0. The molecule has 0 saturated carbocycles. The van der Waals surface area contributed by atoms with Crippen LogP contribution in [0.25, 0.3) is 0 Å². The van der Waals surface area contributed by atoms with Crippen molar-refractivity contribution in [2.24, 2.45) is 0 Å². The Hall–Kier alpha value is -1.37. The Bertz CT molecular complexity index is 728. The van der Waals surface area contributed by atoms with E-state index in [4.69, 9.17) is 4.74 Å². The lowest BCUT2D eigenvalue weighted by atomic mass is 10.1. The van der Waals surface area contributed by atoms with Crippen LogP contribution in [-0.2, 0) is 22.2 Å². The van der Waals surface area contributed by atoms with Gasteiger partial charge in [-0.25, -0.2) is 13.1 Å². The first-order chi connectivity index (χ1) is 11.5. The molecule has 0 spiro atoms. The standard InChI is InChI=1S/C18H22BrNO3S/c1-2-3-15-6-10-18(11-7-15)23-13-12-20-24(21,22)14-16-4-8-17(19)9-5-16/h4-11,20H,2-3,12-14H2,1H3. The van der Waals surface area contributed by atoms with Gasteiger partial charge in [0.25, 0.3) is 0 Å². The van der Waals surface area contributed by atoms with Crippen LogP contribution in [0.3, 0.4) is 0 Å². The highest BCUT2D eigenvalue weighted by molar-refractivity contribution is 9.10. The minimum absolute atomic E-state index is 0.0357. The lowest BCUT2D eigenvalue weighted by Crippen LogP contribution is -2.29. The second-order valence-electron chi connectivity index (χ2n) is 5.52. The molecule has 24 heavy (non-hydrogen) atoms. The first-order valence-corrected chi connectivity index (χ1v) is 10.4. The second kappa shape index (κ2) is 9.20. The summed E-state index contributed by atoms with van der Waals surface area (Å²) in [6, 6.07) is 15.2. The maximum absolute atomic E-state index is 12.0. The monoisotopic (exact) mass is 411 g/mol. The van der Waals surface area contributed by atoms with Crippen LogP contribution in [0.4, 0.5) is 0 Å². The van der Waals surface area contributed by atoms with Crippen molar-refractivity contribution in [2.45, 2.75) is 25.5 Å². The molecular weight excluding hydrogens is 390 g/mol. The van der Waals surface area contributed by atoms with E-state index in [-0.39, 0.29) is 12.3 Å². The molecule has 0 saturated heterocycles. The number of benzene rings is 2. The van der Waals surface area contributed by atoms with Gasteiger partial charge in [-0.05, 0) is 41.8 Å². The Morgan fingerprint density at radius 2 is 1.62 bits per heavy atom. The van der Waals surface area contributed by atoms with Crippen molar-refractivity contribution in [1.82, 2.24) is 4.72 Å². The highest BCUT2D eigenvalue weighted by Crippen LogP contribution is 2.14. The minimum Gasteiger partial charge on any atom is -0.492 e. The van der Waals surface area contributed by atoms with Gasteiger partial charge in [0.15, 0.2) is 0 Å². The van der Waals surface area contributed by atoms with Gasteiger partial charge in [-0.2, -0.15) is 0 Å². The summed E-state index contributed by atoms with van der Waals surface area (Å²) in [5.41, 5.74) is 2.03. The first kappa shape index (κ1) is 19.0. The van der Waals surface area contributed by atoms with Gasteiger partial charge in [0.05, 0.1) is 5.75 Å². The molecule has 130 valence electrons. The number of hydrogen-bond acceptors (Lipinski definition) is 3. The molecule has 0 bridgehead atoms. The predicted octanol–water partition coefficient (Wildman–Crippen LogP) is 3.90. The molecule has 0 aliphatic carbocycles. The van der Waals surface area contributed by atoms with Crippen molar-refractivity contribution in [3.05, 3.63) is 64.1 Å². The van der Waals surface area contributed by atoms with Gasteiger partial charge in [-0.3, -0.25) is 0 Å². The Balaban J connectivity index is 1.75. The topological polar surface area (TPSA) is 55.4 Å². The van der Waals surface area contributed by atoms with E-state index < -0.39 is 10.0 Å². The van der Waals surface area contributed by atoms with E-state index in [0.717, 1.165) is 28.6 Å². The third-order valence-corrected chi connectivity index (χ3v) is 5.31. The van der Waals surface area contributed by atoms with E-state index in [1.807, 2.05) is 36.4 Å². The van der Waals surface area contributed by atoms with E-state index in [1.54, 1.807) is 12.1 Å². The van der Waals surface area contributed by atoms with Gasteiger partial charge in [0.1, 0.15) is 12.4 Å². The van der Waals surface area contributed by atoms with Gasteiger partial charge in [0.2, 0.25) is 10.0 Å². The molecule has 0 fully saturated rings. The first-order valence-electron chi connectivity index (χ1n) is 7.92. The normalized spacial score (nSPS) is 11.4. The van der Waals surface area contributed by atoms with Gasteiger partial charge < -0.3 is 4.74 Å². The summed E-state index contributed by atoms with van der Waals surface area (Å²) < 4.78 is 33.1. The van der Waals surface area contributed by atoms with Crippen LogP contribution in [0.5, 0.6) is 5.75 Å².